The van der Waals surface area contributed by atoms with Crippen molar-refractivity contribution >= 4 is 23.0 Å². The second-order valence-electron chi connectivity index (χ2n) is 7.43. The van der Waals surface area contributed by atoms with Crippen molar-refractivity contribution < 1.29 is 9.47 Å². The van der Waals surface area contributed by atoms with E-state index in [4.69, 9.17) is 9.47 Å². The minimum absolute atomic E-state index is 0.715. The van der Waals surface area contributed by atoms with Crippen LogP contribution in [0.4, 0.5) is 11.4 Å². The molecular weight excluding hydrogens is 394 g/mol. The average molecular weight is 422 g/mol. The molecule has 32 heavy (non-hydrogen) atoms. The fourth-order valence-electron chi connectivity index (χ4n) is 3.64. The first-order valence-electron chi connectivity index (χ1n) is 10.6. The van der Waals surface area contributed by atoms with E-state index in [1.807, 2.05) is 36.4 Å². The van der Waals surface area contributed by atoms with Gasteiger partial charge in [0.05, 0.1) is 14.2 Å². The Hall–Kier alpha value is -3.98. The van der Waals surface area contributed by atoms with Gasteiger partial charge in [-0.25, -0.2) is 0 Å². The van der Waals surface area contributed by atoms with Gasteiger partial charge in [0.25, 0.3) is 0 Å². The Morgan fingerprint density at radius 2 is 1.09 bits per heavy atom. The summed E-state index contributed by atoms with van der Waals surface area (Å²) in [5, 5.41) is 0. The van der Waals surface area contributed by atoms with Crippen LogP contribution in [0.5, 0.6) is 11.5 Å². The molecule has 4 rings (SSSR count). The third-order valence-corrected chi connectivity index (χ3v) is 5.38. The van der Waals surface area contributed by atoms with E-state index in [9.17, 15) is 0 Å². The first-order valence-corrected chi connectivity index (χ1v) is 10.6. The topological polar surface area (TPSA) is 21.7 Å². The zero-order valence-electron chi connectivity index (χ0n) is 18.4. The van der Waals surface area contributed by atoms with Crippen LogP contribution in [0, 0.1) is 0 Å². The number of ether oxygens (including phenoxy) is 2. The predicted molar refractivity (Wildman–Crippen MR) is 134 cm³/mol. The summed E-state index contributed by atoms with van der Waals surface area (Å²) >= 11 is 0. The normalized spacial score (nSPS) is 11.1. The molecule has 0 aliphatic rings. The maximum Gasteiger partial charge on any atom is 0.118 e. The molecule has 3 nitrogen and oxygen atoms in total. The van der Waals surface area contributed by atoms with Crippen molar-refractivity contribution in [3.8, 4) is 11.5 Å². The van der Waals surface area contributed by atoms with Gasteiger partial charge in [-0.15, -0.1) is 0 Å². The van der Waals surface area contributed by atoms with Gasteiger partial charge in [-0.1, -0.05) is 60.7 Å². The lowest BCUT2D eigenvalue weighted by molar-refractivity contribution is 0.414. The Balaban J connectivity index is 1.77. The summed E-state index contributed by atoms with van der Waals surface area (Å²) in [6, 6.07) is 37.4. The summed E-state index contributed by atoms with van der Waals surface area (Å²) in [4.78, 5) is 2.33. The molecule has 0 saturated heterocycles. The van der Waals surface area contributed by atoms with Gasteiger partial charge in [0.15, 0.2) is 0 Å². The van der Waals surface area contributed by atoms with Crippen LogP contribution >= 0.6 is 0 Å². The van der Waals surface area contributed by atoms with Gasteiger partial charge in [-0.2, -0.15) is 0 Å². The highest BCUT2D eigenvalue weighted by Crippen LogP contribution is 2.30. The minimum Gasteiger partial charge on any atom is -0.497 e. The quantitative estimate of drug-likeness (QED) is 0.284. The molecule has 0 unspecified atom stereocenters. The molecule has 160 valence electrons. The molecule has 0 spiro atoms. The van der Waals surface area contributed by atoms with Crippen molar-refractivity contribution in [1.29, 1.82) is 0 Å². The van der Waals surface area contributed by atoms with Crippen molar-refractivity contribution in [2.75, 3.05) is 25.7 Å². The van der Waals surface area contributed by atoms with Crippen molar-refractivity contribution in [2.24, 2.45) is 0 Å². The fourth-order valence-corrected chi connectivity index (χ4v) is 3.64. The van der Waals surface area contributed by atoms with E-state index in [1.54, 1.807) is 14.2 Å². The molecule has 0 fully saturated rings. The van der Waals surface area contributed by atoms with Crippen LogP contribution in [0.25, 0.3) is 11.6 Å². The van der Waals surface area contributed by atoms with E-state index in [0.29, 0.717) is 6.54 Å². The van der Waals surface area contributed by atoms with Crippen LogP contribution in [0.15, 0.2) is 109 Å². The SMILES string of the molecule is COc1ccc(C=C(CN(c2ccccc2)c2ccccc2)c2ccc(OC)cc2)cc1. The van der Waals surface area contributed by atoms with Crippen LogP contribution in [0.3, 0.4) is 0 Å². The Labute approximate surface area is 190 Å². The molecule has 0 atom stereocenters. The molecule has 0 saturated carbocycles. The Bertz CT molecular complexity index is 1100. The lowest BCUT2D eigenvalue weighted by Crippen LogP contribution is -2.19. The van der Waals surface area contributed by atoms with Gasteiger partial charge >= 0.3 is 0 Å². The highest BCUT2D eigenvalue weighted by molar-refractivity contribution is 5.86. The molecule has 0 bridgehead atoms. The second kappa shape index (κ2) is 10.4. The summed E-state index contributed by atoms with van der Waals surface area (Å²) < 4.78 is 10.7. The monoisotopic (exact) mass is 421 g/mol. The van der Waals surface area contributed by atoms with E-state index in [0.717, 1.165) is 34.0 Å². The summed E-state index contributed by atoms with van der Waals surface area (Å²) in [6.45, 7) is 0.715. The van der Waals surface area contributed by atoms with Crippen LogP contribution in [0.2, 0.25) is 0 Å². The summed E-state index contributed by atoms with van der Waals surface area (Å²) in [6.07, 6.45) is 2.24. The van der Waals surface area contributed by atoms with Gasteiger partial charge in [0, 0.05) is 17.9 Å². The molecule has 0 aliphatic carbocycles. The van der Waals surface area contributed by atoms with Crippen molar-refractivity contribution in [2.45, 2.75) is 0 Å². The zero-order valence-corrected chi connectivity index (χ0v) is 18.4. The number of methoxy groups -OCH3 is 2. The van der Waals surface area contributed by atoms with Crippen LogP contribution in [-0.4, -0.2) is 20.8 Å². The van der Waals surface area contributed by atoms with Crippen molar-refractivity contribution in [3.05, 3.63) is 120 Å². The van der Waals surface area contributed by atoms with Crippen molar-refractivity contribution in [1.82, 2.24) is 0 Å². The second-order valence-corrected chi connectivity index (χ2v) is 7.43. The van der Waals surface area contributed by atoms with Gasteiger partial charge in [0.1, 0.15) is 11.5 Å². The lowest BCUT2D eigenvalue weighted by atomic mass is 10.0. The Morgan fingerprint density at radius 3 is 1.56 bits per heavy atom. The van der Waals surface area contributed by atoms with Gasteiger partial charge < -0.3 is 14.4 Å². The molecular formula is C29H27NO2. The Morgan fingerprint density at radius 1 is 0.625 bits per heavy atom. The maximum absolute atomic E-state index is 5.37. The molecule has 0 N–H and O–H groups in total. The minimum atomic E-state index is 0.715. The number of anilines is 2. The van der Waals surface area contributed by atoms with Crippen LogP contribution in [-0.2, 0) is 0 Å². The van der Waals surface area contributed by atoms with E-state index in [1.165, 1.54) is 5.57 Å². The highest BCUT2D eigenvalue weighted by Gasteiger charge is 2.13. The third kappa shape index (κ3) is 5.19. The molecule has 4 aromatic rings. The first kappa shape index (κ1) is 21.3. The van der Waals surface area contributed by atoms with Gasteiger partial charge in [0.2, 0.25) is 0 Å². The fraction of sp³-hybridized carbons (Fsp3) is 0.103. The standard InChI is InChI=1S/C29H27NO2/c1-31-28-17-13-23(14-18-28)21-25(24-15-19-29(32-2)20-16-24)22-30(26-9-5-3-6-10-26)27-11-7-4-8-12-27/h3-21H,22H2,1-2H3. The number of benzene rings is 4. The largest absolute Gasteiger partial charge is 0.497 e. The maximum atomic E-state index is 5.37. The zero-order chi connectivity index (χ0) is 22.2. The number of hydrogen-bond acceptors (Lipinski definition) is 3. The summed E-state index contributed by atoms with van der Waals surface area (Å²) in [5.74, 6) is 1.70. The Kier molecular flexibility index (Phi) is 6.88. The van der Waals surface area contributed by atoms with E-state index in [-0.39, 0.29) is 0 Å². The number of para-hydroxylation sites is 2. The summed E-state index contributed by atoms with van der Waals surface area (Å²) in [5.41, 5.74) is 5.77. The van der Waals surface area contributed by atoms with E-state index in [2.05, 4.69) is 83.8 Å². The number of rotatable bonds is 8. The molecule has 0 radical (unpaired) electrons. The van der Waals surface area contributed by atoms with Crippen LogP contribution < -0.4 is 14.4 Å². The van der Waals surface area contributed by atoms with Gasteiger partial charge in [-0.05, 0) is 71.3 Å². The van der Waals surface area contributed by atoms with E-state index < -0.39 is 0 Å². The smallest absolute Gasteiger partial charge is 0.118 e. The molecule has 0 aliphatic heterocycles. The van der Waals surface area contributed by atoms with Crippen molar-refractivity contribution in [3.63, 3.8) is 0 Å². The first-order chi connectivity index (χ1) is 15.8. The van der Waals surface area contributed by atoms with Gasteiger partial charge in [-0.3, -0.25) is 0 Å². The average Bonchev–Trinajstić information content (AvgIpc) is 2.88. The van der Waals surface area contributed by atoms with E-state index >= 15 is 0 Å². The molecule has 0 aromatic heterocycles. The lowest BCUT2D eigenvalue weighted by Gasteiger charge is -2.27. The predicted octanol–water partition coefficient (Wildman–Crippen LogP) is 7.08. The third-order valence-electron chi connectivity index (χ3n) is 5.38. The molecule has 3 heteroatoms. The molecule has 0 heterocycles. The number of hydrogen-bond donors (Lipinski definition) is 0. The molecule has 0 amide bonds. The molecule has 4 aromatic carbocycles. The highest BCUT2D eigenvalue weighted by atomic mass is 16.5. The van der Waals surface area contributed by atoms with Crippen LogP contribution in [0.1, 0.15) is 11.1 Å². The number of nitrogens with zero attached hydrogens (tertiary/aromatic N) is 1. The summed E-state index contributed by atoms with van der Waals surface area (Å²) in [7, 11) is 3.38.